The summed E-state index contributed by atoms with van der Waals surface area (Å²) in [5.74, 6) is -0.191. The topological polar surface area (TPSA) is 47.6 Å². The minimum absolute atomic E-state index is 0.191. The lowest BCUT2D eigenvalue weighted by atomic mass is 10.2. The standard InChI is InChI=1S/C9H17NO3/c1-12-6-5-8(9(11)13-2)10-7-3-4-7/h7-8,10H,3-6H2,1-2H3. The van der Waals surface area contributed by atoms with Gasteiger partial charge in [-0.05, 0) is 19.3 Å². The number of hydrogen-bond acceptors (Lipinski definition) is 4. The number of carbonyl (C=O) groups excluding carboxylic acids is 1. The summed E-state index contributed by atoms with van der Waals surface area (Å²) in [5.41, 5.74) is 0. The second kappa shape index (κ2) is 5.19. The van der Waals surface area contributed by atoms with E-state index in [9.17, 15) is 4.79 Å². The Hall–Kier alpha value is -0.610. The lowest BCUT2D eigenvalue weighted by molar-refractivity contribution is -0.143. The maximum Gasteiger partial charge on any atom is 0.322 e. The molecule has 1 rings (SSSR count). The van der Waals surface area contributed by atoms with Crippen LogP contribution < -0.4 is 5.32 Å². The lowest BCUT2D eigenvalue weighted by Gasteiger charge is -2.15. The van der Waals surface area contributed by atoms with E-state index in [-0.39, 0.29) is 12.0 Å². The molecule has 4 heteroatoms. The first-order valence-electron chi connectivity index (χ1n) is 4.60. The number of esters is 1. The van der Waals surface area contributed by atoms with Crippen molar-refractivity contribution >= 4 is 5.97 Å². The molecule has 1 fully saturated rings. The number of hydrogen-bond donors (Lipinski definition) is 1. The summed E-state index contributed by atoms with van der Waals surface area (Å²) in [6, 6.07) is 0.318. The third-order valence-corrected chi connectivity index (χ3v) is 2.11. The van der Waals surface area contributed by atoms with Crippen LogP contribution in [0.25, 0.3) is 0 Å². The van der Waals surface area contributed by atoms with Crippen molar-refractivity contribution < 1.29 is 14.3 Å². The van der Waals surface area contributed by atoms with Gasteiger partial charge >= 0.3 is 5.97 Å². The van der Waals surface area contributed by atoms with E-state index < -0.39 is 0 Å². The van der Waals surface area contributed by atoms with Gasteiger partial charge in [-0.25, -0.2) is 0 Å². The Balaban J connectivity index is 2.27. The second-order valence-corrected chi connectivity index (χ2v) is 3.30. The van der Waals surface area contributed by atoms with E-state index in [1.807, 2.05) is 0 Å². The Labute approximate surface area is 78.6 Å². The van der Waals surface area contributed by atoms with Crippen LogP contribution in [0.4, 0.5) is 0 Å². The molecule has 0 amide bonds. The summed E-state index contributed by atoms with van der Waals surface area (Å²) < 4.78 is 9.60. The van der Waals surface area contributed by atoms with Crippen LogP contribution in [0.3, 0.4) is 0 Å². The molecular formula is C9H17NO3. The van der Waals surface area contributed by atoms with Gasteiger partial charge in [-0.1, -0.05) is 0 Å². The highest BCUT2D eigenvalue weighted by molar-refractivity contribution is 5.75. The summed E-state index contributed by atoms with van der Waals surface area (Å²) >= 11 is 0. The first kappa shape index (κ1) is 10.5. The van der Waals surface area contributed by atoms with Crippen molar-refractivity contribution in [2.24, 2.45) is 0 Å². The molecule has 0 heterocycles. The number of carbonyl (C=O) groups is 1. The van der Waals surface area contributed by atoms with Crippen molar-refractivity contribution in [3.8, 4) is 0 Å². The molecule has 1 atom stereocenters. The van der Waals surface area contributed by atoms with E-state index in [1.165, 1.54) is 20.0 Å². The number of nitrogens with one attached hydrogen (secondary N) is 1. The van der Waals surface area contributed by atoms with Crippen LogP contribution in [0.5, 0.6) is 0 Å². The monoisotopic (exact) mass is 187 g/mol. The predicted molar refractivity (Wildman–Crippen MR) is 48.5 cm³/mol. The van der Waals surface area contributed by atoms with Crippen molar-refractivity contribution in [2.45, 2.75) is 31.3 Å². The van der Waals surface area contributed by atoms with Gasteiger partial charge in [0.1, 0.15) is 6.04 Å². The minimum Gasteiger partial charge on any atom is -0.468 e. The molecule has 1 unspecified atom stereocenters. The van der Waals surface area contributed by atoms with Gasteiger partial charge < -0.3 is 14.8 Å². The molecule has 4 nitrogen and oxygen atoms in total. The van der Waals surface area contributed by atoms with E-state index in [0.717, 1.165) is 0 Å². The van der Waals surface area contributed by atoms with Crippen LogP contribution in [0.1, 0.15) is 19.3 Å². The quantitative estimate of drug-likeness (QED) is 0.608. The van der Waals surface area contributed by atoms with Crippen LogP contribution in [-0.2, 0) is 14.3 Å². The Kier molecular flexibility index (Phi) is 4.18. The zero-order chi connectivity index (χ0) is 9.68. The van der Waals surface area contributed by atoms with E-state index >= 15 is 0 Å². The average Bonchev–Trinajstić information content (AvgIpc) is 2.94. The van der Waals surface area contributed by atoms with Crippen molar-refractivity contribution in [1.82, 2.24) is 5.32 Å². The maximum atomic E-state index is 11.2. The van der Waals surface area contributed by atoms with Gasteiger partial charge in [0.2, 0.25) is 0 Å². The summed E-state index contributed by atoms with van der Waals surface area (Å²) in [5, 5.41) is 3.22. The van der Waals surface area contributed by atoms with Gasteiger partial charge in [0.25, 0.3) is 0 Å². The van der Waals surface area contributed by atoms with Crippen molar-refractivity contribution in [1.29, 1.82) is 0 Å². The molecule has 0 bridgehead atoms. The SMILES string of the molecule is COCCC(NC1CC1)C(=O)OC. The van der Waals surface area contributed by atoms with Gasteiger partial charge in [0, 0.05) is 19.8 Å². The molecule has 13 heavy (non-hydrogen) atoms. The van der Waals surface area contributed by atoms with Crippen LogP contribution in [0.15, 0.2) is 0 Å². The average molecular weight is 187 g/mol. The summed E-state index contributed by atoms with van der Waals surface area (Å²) in [4.78, 5) is 11.2. The first-order chi connectivity index (χ1) is 6.27. The highest BCUT2D eigenvalue weighted by Crippen LogP contribution is 2.20. The molecule has 0 spiro atoms. The highest BCUT2D eigenvalue weighted by atomic mass is 16.5. The molecule has 0 saturated heterocycles. The van der Waals surface area contributed by atoms with Gasteiger partial charge in [0.05, 0.1) is 7.11 Å². The zero-order valence-corrected chi connectivity index (χ0v) is 8.21. The summed E-state index contributed by atoms with van der Waals surface area (Å²) in [7, 11) is 3.04. The third kappa shape index (κ3) is 3.74. The molecule has 1 aliphatic rings. The summed E-state index contributed by atoms with van der Waals surface area (Å²) in [6.45, 7) is 0.583. The normalized spacial score (nSPS) is 18.3. The van der Waals surface area contributed by atoms with Crippen LogP contribution in [0, 0.1) is 0 Å². The van der Waals surface area contributed by atoms with Crippen molar-refractivity contribution in [3.05, 3.63) is 0 Å². The highest BCUT2D eigenvalue weighted by Gasteiger charge is 2.28. The first-order valence-corrected chi connectivity index (χ1v) is 4.60. The molecule has 1 saturated carbocycles. The van der Waals surface area contributed by atoms with Crippen LogP contribution >= 0.6 is 0 Å². The maximum absolute atomic E-state index is 11.2. The van der Waals surface area contributed by atoms with Gasteiger partial charge in [0.15, 0.2) is 0 Å². The molecule has 76 valence electrons. The Bertz CT molecular complexity index is 168. The van der Waals surface area contributed by atoms with Crippen molar-refractivity contribution in [3.63, 3.8) is 0 Å². The smallest absolute Gasteiger partial charge is 0.322 e. The largest absolute Gasteiger partial charge is 0.468 e. The van der Waals surface area contributed by atoms with Crippen LogP contribution in [0.2, 0.25) is 0 Å². The molecule has 0 aromatic carbocycles. The predicted octanol–water partition coefficient (Wildman–Crippen LogP) is 0.316. The fourth-order valence-electron chi connectivity index (χ4n) is 1.18. The molecule has 0 aliphatic heterocycles. The summed E-state index contributed by atoms with van der Waals surface area (Å²) in [6.07, 6.45) is 3.01. The van der Waals surface area contributed by atoms with Crippen LogP contribution in [-0.4, -0.2) is 38.9 Å². The molecule has 1 aliphatic carbocycles. The van der Waals surface area contributed by atoms with E-state index in [2.05, 4.69) is 10.1 Å². The Morgan fingerprint density at radius 1 is 1.54 bits per heavy atom. The van der Waals surface area contributed by atoms with Gasteiger partial charge in [-0.2, -0.15) is 0 Å². The van der Waals surface area contributed by atoms with Gasteiger partial charge in [-0.3, -0.25) is 4.79 Å². The zero-order valence-electron chi connectivity index (χ0n) is 8.21. The fraction of sp³-hybridized carbons (Fsp3) is 0.889. The lowest BCUT2D eigenvalue weighted by Crippen LogP contribution is -2.39. The van der Waals surface area contributed by atoms with E-state index in [1.54, 1.807) is 7.11 Å². The number of methoxy groups -OCH3 is 2. The fourth-order valence-corrected chi connectivity index (χ4v) is 1.18. The Morgan fingerprint density at radius 3 is 2.69 bits per heavy atom. The number of rotatable bonds is 6. The molecule has 0 aromatic rings. The molecule has 0 radical (unpaired) electrons. The minimum atomic E-state index is -0.197. The molecule has 0 aromatic heterocycles. The molecular weight excluding hydrogens is 170 g/mol. The van der Waals surface area contributed by atoms with E-state index in [0.29, 0.717) is 19.1 Å². The van der Waals surface area contributed by atoms with E-state index in [4.69, 9.17) is 4.74 Å². The third-order valence-electron chi connectivity index (χ3n) is 2.11. The van der Waals surface area contributed by atoms with Gasteiger partial charge in [-0.15, -0.1) is 0 Å². The number of ether oxygens (including phenoxy) is 2. The Morgan fingerprint density at radius 2 is 2.23 bits per heavy atom. The van der Waals surface area contributed by atoms with Crippen molar-refractivity contribution in [2.75, 3.05) is 20.8 Å². The molecule has 1 N–H and O–H groups in total. The second-order valence-electron chi connectivity index (χ2n) is 3.30.